The molecule has 0 aromatic heterocycles. The van der Waals surface area contributed by atoms with Gasteiger partial charge in [0.05, 0.1) is 0 Å². The molecule has 2 saturated heterocycles. The van der Waals surface area contributed by atoms with Crippen molar-refractivity contribution < 1.29 is 13.2 Å². The van der Waals surface area contributed by atoms with Crippen molar-refractivity contribution in [3.63, 3.8) is 0 Å². The molecule has 148 valence electrons. The quantitative estimate of drug-likeness (QED) is 0.748. The van der Waals surface area contributed by atoms with Gasteiger partial charge < -0.3 is 15.5 Å². The molecule has 0 aliphatic carbocycles. The average Bonchev–Trinajstić information content (AvgIpc) is 2.93. The van der Waals surface area contributed by atoms with Gasteiger partial charge in [0.25, 0.3) is 10.0 Å². The Bertz CT molecular complexity index is 850. The Balaban J connectivity index is 0.00000210. The van der Waals surface area contributed by atoms with Crippen molar-refractivity contribution in [2.45, 2.75) is 36.6 Å². The Hall–Kier alpha value is -1.64. The molecular formula is C18H25ClN4O3S. The van der Waals surface area contributed by atoms with E-state index in [2.05, 4.69) is 4.40 Å². The third-order valence-electron chi connectivity index (χ3n) is 5.53. The van der Waals surface area contributed by atoms with Crippen molar-refractivity contribution in [3.8, 4) is 0 Å². The summed E-state index contributed by atoms with van der Waals surface area (Å²) in [4.78, 5) is 16.9. The lowest BCUT2D eigenvalue weighted by atomic mass is 9.93. The van der Waals surface area contributed by atoms with Crippen molar-refractivity contribution in [1.82, 2.24) is 9.80 Å². The first-order chi connectivity index (χ1) is 12.5. The molecule has 1 amide bonds. The molecule has 7 nitrogen and oxygen atoms in total. The minimum absolute atomic E-state index is 0. The first kappa shape index (κ1) is 20.1. The Morgan fingerprint density at radius 2 is 1.81 bits per heavy atom. The van der Waals surface area contributed by atoms with Crippen LogP contribution in [0.2, 0.25) is 0 Å². The molecule has 1 atom stereocenters. The number of sulfonamides is 1. The van der Waals surface area contributed by atoms with Gasteiger partial charge in [0, 0.05) is 43.7 Å². The largest absolute Gasteiger partial charge is 0.355 e. The van der Waals surface area contributed by atoms with Crippen molar-refractivity contribution in [2.75, 3.05) is 26.2 Å². The fourth-order valence-corrected chi connectivity index (χ4v) is 5.35. The second-order valence-electron chi connectivity index (χ2n) is 7.33. The Labute approximate surface area is 166 Å². The van der Waals surface area contributed by atoms with Crippen LogP contribution in [0.5, 0.6) is 0 Å². The summed E-state index contributed by atoms with van der Waals surface area (Å²) in [6.07, 6.45) is 3.38. The van der Waals surface area contributed by atoms with Gasteiger partial charge in [-0.15, -0.1) is 16.8 Å². The summed E-state index contributed by atoms with van der Waals surface area (Å²) in [5.74, 6) is 0.707. The van der Waals surface area contributed by atoms with Gasteiger partial charge in [0.2, 0.25) is 5.91 Å². The van der Waals surface area contributed by atoms with E-state index in [-0.39, 0.29) is 35.2 Å². The smallest absolute Gasteiger partial charge is 0.285 e. The number of halogens is 1. The molecule has 9 heteroatoms. The summed E-state index contributed by atoms with van der Waals surface area (Å²) in [5, 5.41) is 0. The van der Waals surface area contributed by atoms with Crippen LogP contribution >= 0.6 is 12.4 Å². The zero-order valence-corrected chi connectivity index (χ0v) is 16.7. The van der Waals surface area contributed by atoms with Gasteiger partial charge in [-0.1, -0.05) is 12.1 Å². The van der Waals surface area contributed by atoms with Crippen LogP contribution in [0, 0.1) is 5.92 Å². The molecule has 3 heterocycles. The van der Waals surface area contributed by atoms with Crippen molar-refractivity contribution in [3.05, 3.63) is 29.8 Å². The van der Waals surface area contributed by atoms with Gasteiger partial charge in [-0.3, -0.25) is 4.79 Å². The third-order valence-corrected chi connectivity index (χ3v) is 6.85. The molecule has 2 N–H and O–H groups in total. The van der Waals surface area contributed by atoms with Crippen molar-refractivity contribution >= 4 is 34.2 Å². The van der Waals surface area contributed by atoms with Gasteiger partial charge >= 0.3 is 0 Å². The Kier molecular flexibility index (Phi) is 5.79. The van der Waals surface area contributed by atoms with E-state index in [4.69, 9.17) is 5.73 Å². The number of amidine groups is 1. The fraction of sp³-hybridized carbons (Fsp3) is 0.556. The predicted octanol–water partition coefficient (Wildman–Crippen LogP) is 1.22. The number of hydrogen-bond acceptors (Lipinski definition) is 5. The molecule has 1 aromatic carbocycles. The van der Waals surface area contributed by atoms with Crippen LogP contribution in [0.3, 0.4) is 0 Å². The maximum atomic E-state index is 12.8. The SMILES string of the molecule is Cl.NC1CCCN(C(=O)C2CCN(C3=NS(=O)(=O)c4ccccc43)CC2)C1. The number of carbonyl (C=O) groups is 1. The van der Waals surface area contributed by atoms with E-state index in [9.17, 15) is 13.2 Å². The minimum Gasteiger partial charge on any atom is -0.355 e. The number of piperidine rings is 2. The second kappa shape index (κ2) is 7.77. The third kappa shape index (κ3) is 3.83. The highest BCUT2D eigenvalue weighted by Gasteiger charge is 2.35. The van der Waals surface area contributed by atoms with Crippen LogP contribution in [0.1, 0.15) is 31.2 Å². The first-order valence-corrected chi connectivity index (χ1v) is 10.6. The number of rotatable bonds is 1. The van der Waals surface area contributed by atoms with Gasteiger partial charge in [0.1, 0.15) is 4.90 Å². The lowest BCUT2D eigenvalue weighted by molar-refractivity contribution is -0.138. The molecule has 2 fully saturated rings. The summed E-state index contributed by atoms with van der Waals surface area (Å²) in [6.45, 7) is 2.72. The summed E-state index contributed by atoms with van der Waals surface area (Å²) in [7, 11) is -3.60. The molecule has 0 radical (unpaired) electrons. The number of carbonyl (C=O) groups excluding carboxylic acids is 1. The van der Waals surface area contributed by atoms with E-state index in [1.54, 1.807) is 18.2 Å². The summed E-state index contributed by atoms with van der Waals surface area (Å²) in [5.41, 5.74) is 6.66. The van der Waals surface area contributed by atoms with Gasteiger partial charge in [-0.2, -0.15) is 8.42 Å². The zero-order valence-electron chi connectivity index (χ0n) is 15.1. The molecule has 0 bridgehead atoms. The van der Waals surface area contributed by atoms with E-state index in [1.807, 2.05) is 15.9 Å². The Morgan fingerprint density at radius 1 is 1.11 bits per heavy atom. The lowest BCUT2D eigenvalue weighted by Crippen LogP contribution is -2.50. The number of nitrogens with two attached hydrogens (primary N) is 1. The van der Waals surface area contributed by atoms with Crippen LogP contribution in [-0.2, 0) is 14.8 Å². The topological polar surface area (TPSA) is 96.1 Å². The normalized spacial score (nSPS) is 24.8. The molecule has 3 aliphatic rings. The van der Waals surface area contributed by atoms with Crippen LogP contribution in [0.15, 0.2) is 33.6 Å². The highest BCUT2D eigenvalue weighted by Crippen LogP contribution is 2.30. The molecule has 1 unspecified atom stereocenters. The van der Waals surface area contributed by atoms with Gasteiger partial charge in [-0.25, -0.2) is 0 Å². The van der Waals surface area contributed by atoms with Crippen LogP contribution < -0.4 is 5.73 Å². The molecule has 27 heavy (non-hydrogen) atoms. The van der Waals surface area contributed by atoms with E-state index >= 15 is 0 Å². The number of hydrogen-bond donors (Lipinski definition) is 1. The van der Waals surface area contributed by atoms with Crippen molar-refractivity contribution in [1.29, 1.82) is 0 Å². The molecule has 3 aliphatic heterocycles. The number of fused-ring (bicyclic) bond motifs is 1. The van der Waals surface area contributed by atoms with Gasteiger partial charge in [0.15, 0.2) is 5.84 Å². The monoisotopic (exact) mass is 412 g/mol. The maximum Gasteiger partial charge on any atom is 0.285 e. The number of benzene rings is 1. The Morgan fingerprint density at radius 3 is 2.52 bits per heavy atom. The molecule has 0 saturated carbocycles. The zero-order chi connectivity index (χ0) is 18.3. The second-order valence-corrected chi connectivity index (χ2v) is 8.91. The van der Waals surface area contributed by atoms with E-state index in [0.717, 1.165) is 19.4 Å². The maximum absolute atomic E-state index is 12.8. The van der Waals surface area contributed by atoms with Crippen LogP contribution in [0.25, 0.3) is 0 Å². The standard InChI is InChI=1S/C18H24N4O3S.ClH/c19-14-4-3-9-22(12-14)18(23)13-7-10-21(11-8-13)17-15-5-1-2-6-16(15)26(24,25)20-17;/h1-2,5-6,13-14H,3-4,7-12,19H2;1H. The minimum atomic E-state index is -3.60. The highest BCUT2D eigenvalue weighted by atomic mass is 35.5. The highest BCUT2D eigenvalue weighted by molar-refractivity contribution is 7.90. The molecule has 4 rings (SSSR count). The fourth-order valence-electron chi connectivity index (χ4n) is 4.12. The van der Waals surface area contributed by atoms with Crippen LogP contribution in [0.4, 0.5) is 0 Å². The van der Waals surface area contributed by atoms with E-state index in [1.165, 1.54) is 0 Å². The molecular weight excluding hydrogens is 388 g/mol. The van der Waals surface area contributed by atoms with Crippen LogP contribution in [-0.4, -0.2) is 62.2 Å². The summed E-state index contributed by atoms with van der Waals surface area (Å²) < 4.78 is 28.4. The van der Waals surface area contributed by atoms with E-state index in [0.29, 0.717) is 43.9 Å². The lowest BCUT2D eigenvalue weighted by Gasteiger charge is -2.37. The number of likely N-dealkylation sites (tertiary alicyclic amines) is 2. The van der Waals surface area contributed by atoms with Crippen molar-refractivity contribution in [2.24, 2.45) is 16.0 Å². The van der Waals surface area contributed by atoms with Gasteiger partial charge in [-0.05, 0) is 37.8 Å². The van der Waals surface area contributed by atoms with E-state index < -0.39 is 10.0 Å². The average molecular weight is 413 g/mol. The number of amides is 1. The molecule has 1 aromatic rings. The summed E-state index contributed by atoms with van der Waals surface area (Å²) in [6, 6.07) is 7.01. The first-order valence-electron chi connectivity index (χ1n) is 9.19. The number of nitrogens with zero attached hydrogens (tertiary/aromatic N) is 3. The predicted molar refractivity (Wildman–Crippen MR) is 105 cm³/mol. The summed E-state index contributed by atoms with van der Waals surface area (Å²) >= 11 is 0. The molecule has 0 spiro atoms.